The smallest absolute Gasteiger partial charge is 0.263 e. The lowest BCUT2D eigenvalue weighted by atomic mass is 9.97. The zero-order valence-corrected chi connectivity index (χ0v) is 13.9. The molecule has 2 rings (SSSR count). The van der Waals surface area contributed by atoms with E-state index in [0.717, 1.165) is 30.7 Å². The van der Waals surface area contributed by atoms with Gasteiger partial charge in [0, 0.05) is 32.8 Å². The number of ether oxygens (including phenoxy) is 1. The summed E-state index contributed by atoms with van der Waals surface area (Å²) in [4.78, 5) is 27.1. The molecule has 6 heteroatoms. The predicted molar refractivity (Wildman–Crippen MR) is 87.1 cm³/mol. The van der Waals surface area contributed by atoms with Crippen molar-refractivity contribution in [1.82, 2.24) is 10.2 Å². The summed E-state index contributed by atoms with van der Waals surface area (Å²) in [6.07, 6.45) is 2.56. The molecule has 0 radical (unpaired) electrons. The van der Waals surface area contributed by atoms with Gasteiger partial charge in [-0.2, -0.15) is 0 Å². The minimum Gasteiger partial charge on any atom is -0.382 e. The van der Waals surface area contributed by atoms with Gasteiger partial charge in [0.2, 0.25) is 5.91 Å². The number of nitrogens with one attached hydrogen (secondary N) is 1. The van der Waals surface area contributed by atoms with E-state index in [1.165, 1.54) is 11.3 Å². The number of rotatable bonds is 7. The summed E-state index contributed by atoms with van der Waals surface area (Å²) >= 11 is 1.45. The molecular weight excluding hydrogens is 300 g/mol. The van der Waals surface area contributed by atoms with Crippen molar-refractivity contribution in [3.05, 3.63) is 22.4 Å². The van der Waals surface area contributed by atoms with E-state index in [2.05, 4.69) is 5.32 Å². The molecule has 2 amide bonds. The van der Waals surface area contributed by atoms with E-state index in [0.29, 0.717) is 26.3 Å². The fourth-order valence-corrected chi connectivity index (χ4v) is 3.30. The molecule has 1 aromatic rings. The average Bonchev–Trinajstić information content (AvgIpc) is 3.08. The summed E-state index contributed by atoms with van der Waals surface area (Å²) in [6.45, 7) is 5.23. The number of piperidine rings is 1. The Bertz CT molecular complexity index is 476. The van der Waals surface area contributed by atoms with Crippen LogP contribution in [0.4, 0.5) is 0 Å². The zero-order chi connectivity index (χ0) is 15.8. The maximum Gasteiger partial charge on any atom is 0.263 e. The maximum atomic E-state index is 12.3. The minimum atomic E-state index is -0.0928. The lowest BCUT2D eigenvalue weighted by molar-refractivity contribution is -0.126. The molecule has 0 saturated carbocycles. The van der Waals surface area contributed by atoms with Crippen LogP contribution in [0, 0.1) is 5.92 Å². The Morgan fingerprint density at radius 2 is 2.36 bits per heavy atom. The summed E-state index contributed by atoms with van der Waals surface area (Å²) in [5.41, 5.74) is 0. The van der Waals surface area contributed by atoms with Gasteiger partial charge in [-0.3, -0.25) is 9.59 Å². The molecule has 1 aromatic heterocycles. The van der Waals surface area contributed by atoms with E-state index in [4.69, 9.17) is 4.74 Å². The quantitative estimate of drug-likeness (QED) is 0.782. The summed E-state index contributed by atoms with van der Waals surface area (Å²) in [5.74, 6) is 0.00813. The van der Waals surface area contributed by atoms with E-state index in [1.54, 1.807) is 4.90 Å². The molecule has 1 saturated heterocycles. The molecule has 0 aromatic carbocycles. The SMILES string of the molecule is CCOCCCNC(=O)C1CCCN(C(=O)c2cccs2)C1. The Morgan fingerprint density at radius 3 is 3.09 bits per heavy atom. The van der Waals surface area contributed by atoms with Gasteiger partial charge in [0.05, 0.1) is 10.8 Å². The van der Waals surface area contributed by atoms with Gasteiger partial charge in [0.15, 0.2) is 0 Å². The minimum absolute atomic E-state index is 0.0452. The van der Waals surface area contributed by atoms with Crippen LogP contribution in [0.15, 0.2) is 17.5 Å². The van der Waals surface area contributed by atoms with Crippen LogP contribution in [0.25, 0.3) is 0 Å². The molecule has 1 unspecified atom stereocenters. The number of hydrogen-bond acceptors (Lipinski definition) is 4. The standard InChI is InChI=1S/C16H24N2O3S/c1-2-21-10-5-8-17-15(19)13-6-3-9-18(12-13)16(20)14-7-4-11-22-14/h4,7,11,13H,2-3,5-6,8-10,12H2,1H3,(H,17,19). The van der Waals surface area contributed by atoms with Crippen LogP contribution >= 0.6 is 11.3 Å². The maximum absolute atomic E-state index is 12.3. The van der Waals surface area contributed by atoms with Crippen molar-refractivity contribution in [1.29, 1.82) is 0 Å². The summed E-state index contributed by atoms with van der Waals surface area (Å²) in [5, 5.41) is 4.85. The highest BCUT2D eigenvalue weighted by atomic mass is 32.1. The molecule has 1 fully saturated rings. The van der Waals surface area contributed by atoms with Crippen LogP contribution in [0.3, 0.4) is 0 Å². The molecule has 122 valence electrons. The first kappa shape index (κ1) is 17.0. The van der Waals surface area contributed by atoms with Crippen molar-refractivity contribution < 1.29 is 14.3 Å². The Balaban J connectivity index is 1.77. The molecule has 5 nitrogen and oxygen atoms in total. The van der Waals surface area contributed by atoms with E-state index >= 15 is 0 Å². The number of nitrogens with zero attached hydrogens (tertiary/aromatic N) is 1. The third kappa shape index (κ3) is 4.81. The largest absolute Gasteiger partial charge is 0.382 e. The average molecular weight is 324 g/mol. The van der Waals surface area contributed by atoms with Crippen LogP contribution < -0.4 is 5.32 Å². The second-order valence-electron chi connectivity index (χ2n) is 5.41. The van der Waals surface area contributed by atoms with Gasteiger partial charge in [-0.05, 0) is 37.6 Å². The van der Waals surface area contributed by atoms with Gasteiger partial charge in [-0.1, -0.05) is 6.07 Å². The van der Waals surface area contributed by atoms with Crippen molar-refractivity contribution in [2.45, 2.75) is 26.2 Å². The van der Waals surface area contributed by atoms with Gasteiger partial charge in [-0.15, -0.1) is 11.3 Å². The fourth-order valence-electron chi connectivity index (χ4n) is 2.61. The van der Waals surface area contributed by atoms with E-state index < -0.39 is 0 Å². The van der Waals surface area contributed by atoms with Gasteiger partial charge in [0.1, 0.15) is 0 Å². The topological polar surface area (TPSA) is 58.6 Å². The third-order valence-corrected chi connectivity index (χ3v) is 4.64. The Labute approximate surface area is 135 Å². The van der Waals surface area contributed by atoms with Gasteiger partial charge in [-0.25, -0.2) is 0 Å². The Morgan fingerprint density at radius 1 is 1.50 bits per heavy atom. The number of amides is 2. The number of carbonyl (C=O) groups is 2. The Hall–Kier alpha value is -1.40. The molecule has 1 atom stereocenters. The van der Waals surface area contributed by atoms with E-state index in [-0.39, 0.29) is 17.7 Å². The molecule has 0 spiro atoms. The molecule has 0 aliphatic carbocycles. The van der Waals surface area contributed by atoms with Gasteiger partial charge < -0.3 is 15.0 Å². The van der Waals surface area contributed by atoms with Crippen molar-refractivity contribution in [2.24, 2.45) is 5.92 Å². The highest BCUT2D eigenvalue weighted by Crippen LogP contribution is 2.20. The number of thiophene rings is 1. The second kappa shape index (κ2) is 8.90. The molecule has 2 heterocycles. The lowest BCUT2D eigenvalue weighted by Gasteiger charge is -2.31. The summed E-state index contributed by atoms with van der Waals surface area (Å²) in [6, 6.07) is 3.72. The third-order valence-electron chi connectivity index (χ3n) is 3.78. The molecule has 1 aliphatic rings. The van der Waals surface area contributed by atoms with E-state index in [9.17, 15) is 9.59 Å². The number of carbonyl (C=O) groups excluding carboxylic acids is 2. The molecule has 22 heavy (non-hydrogen) atoms. The van der Waals surface area contributed by atoms with Gasteiger partial charge in [0.25, 0.3) is 5.91 Å². The van der Waals surface area contributed by atoms with Crippen LogP contribution in [-0.4, -0.2) is 49.6 Å². The predicted octanol–water partition coefficient (Wildman–Crippen LogP) is 2.14. The highest BCUT2D eigenvalue weighted by Gasteiger charge is 2.28. The highest BCUT2D eigenvalue weighted by molar-refractivity contribution is 7.12. The number of likely N-dealkylation sites (tertiary alicyclic amines) is 1. The van der Waals surface area contributed by atoms with Gasteiger partial charge >= 0.3 is 0 Å². The second-order valence-corrected chi connectivity index (χ2v) is 6.36. The number of hydrogen-bond donors (Lipinski definition) is 1. The first-order valence-corrected chi connectivity index (χ1v) is 8.78. The van der Waals surface area contributed by atoms with Crippen LogP contribution in [0.2, 0.25) is 0 Å². The van der Waals surface area contributed by atoms with Crippen molar-refractivity contribution in [3.8, 4) is 0 Å². The summed E-state index contributed by atoms with van der Waals surface area (Å²) < 4.78 is 5.25. The molecule has 1 N–H and O–H groups in total. The zero-order valence-electron chi connectivity index (χ0n) is 13.0. The Kier molecular flexibility index (Phi) is 6.86. The van der Waals surface area contributed by atoms with Crippen LogP contribution in [0.5, 0.6) is 0 Å². The van der Waals surface area contributed by atoms with Crippen LogP contribution in [-0.2, 0) is 9.53 Å². The van der Waals surface area contributed by atoms with Crippen molar-refractivity contribution >= 4 is 23.2 Å². The van der Waals surface area contributed by atoms with Crippen molar-refractivity contribution in [3.63, 3.8) is 0 Å². The molecule has 0 bridgehead atoms. The first-order chi connectivity index (χ1) is 10.7. The summed E-state index contributed by atoms with van der Waals surface area (Å²) in [7, 11) is 0. The van der Waals surface area contributed by atoms with E-state index in [1.807, 2.05) is 24.4 Å². The first-order valence-electron chi connectivity index (χ1n) is 7.90. The molecule has 1 aliphatic heterocycles. The van der Waals surface area contributed by atoms with Crippen LogP contribution in [0.1, 0.15) is 35.9 Å². The van der Waals surface area contributed by atoms with Crippen molar-refractivity contribution in [2.75, 3.05) is 32.8 Å². The fraction of sp³-hybridized carbons (Fsp3) is 0.625. The molecular formula is C16H24N2O3S. The monoisotopic (exact) mass is 324 g/mol. The lowest BCUT2D eigenvalue weighted by Crippen LogP contribution is -2.45. The normalized spacial score (nSPS) is 18.2.